The van der Waals surface area contributed by atoms with Crippen LogP contribution in [0.2, 0.25) is 0 Å². The predicted molar refractivity (Wildman–Crippen MR) is 80.8 cm³/mol. The highest BCUT2D eigenvalue weighted by atomic mass is 32.1. The summed E-state index contributed by atoms with van der Waals surface area (Å²) >= 11 is 1.47. The molecule has 0 radical (unpaired) electrons. The summed E-state index contributed by atoms with van der Waals surface area (Å²) < 4.78 is 0. The number of hydrogen-bond donors (Lipinski definition) is 1. The minimum Gasteiger partial charge on any atom is -0.353 e. The molecular weight excluding hydrogens is 272 g/mol. The number of nitrogens with one attached hydrogen (secondary N) is 1. The van der Waals surface area contributed by atoms with Gasteiger partial charge in [-0.1, -0.05) is 13.0 Å². The average Bonchev–Trinajstić information content (AvgIpc) is 3.00. The van der Waals surface area contributed by atoms with Crippen LogP contribution in [-0.4, -0.2) is 35.8 Å². The molecule has 1 aliphatic heterocycles. The van der Waals surface area contributed by atoms with Crippen molar-refractivity contribution in [2.45, 2.75) is 39.2 Å². The number of carbonyl (C=O) groups is 2. The molecule has 0 saturated carbocycles. The summed E-state index contributed by atoms with van der Waals surface area (Å²) in [5.74, 6) is 0.291. The van der Waals surface area contributed by atoms with Gasteiger partial charge in [0.25, 0.3) is 5.91 Å². The van der Waals surface area contributed by atoms with Gasteiger partial charge in [0.2, 0.25) is 5.91 Å². The van der Waals surface area contributed by atoms with Crippen molar-refractivity contribution in [3.8, 4) is 0 Å². The number of likely N-dealkylation sites (tertiary alicyclic amines) is 1. The Morgan fingerprint density at radius 1 is 1.45 bits per heavy atom. The van der Waals surface area contributed by atoms with E-state index < -0.39 is 0 Å². The van der Waals surface area contributed by atoms with Crippen molar-refractivity contribution in [2.75, 3.05) is 13.1 Å². The van der Waals surface area contributed by atoms with E-state index in [1.54, 1.807) is 0 Å². The van der Waals surface area contributed by atoms with Crippen LogP contribution >= 0.6 is 11.3 Å². The second-order valence-corrected chi connectivity index (χ2v) is 6.31. The Morgan fingerprint density at radius 3 is 2.70 bits per heavy atom. The third kappa shape index (κ3) is 3.60. The molecule has 0 spiro atoms. The van der Waals surface area contributed by atoms with E-state index in [0.717, 1.165) is 24.1 Å². The lowest BCUT2D eigenvalue weighted by Gasteiger charge is -2.31. The molecule has 1 unspecified atom stereocenters. The third-order valence-corrected chi connectivity index (χ3v) is 4.74. The first-order valence-electron chi connectivity index (χ1n) is 7.25. The lowest BCUT2D eigenvalue weighted by atomic mass is 9.95. The molecule has 1 atom stereocenters. The van der Waals surface area contributed by atoms with Gasteiger partial charge in [-0.05, 0) is 37.6 Å². The van der Waals surface area contributed by atoms with Gasteiger partial charge < -0.3 is 10.2 Å². The van der Waals surface area contributed by atoms with Gasteiger partial charge in [0.05, 0.1) is 4.88 Å². The summed E-state index contributed by atoms with van der Waals surface area (Å²) in [6.45, 7) is 5.44. The lowest BCUT2D eigenvalue weighted by Crippen LogP contribution is -2.44. The molecule has 2 heterocycles. The molecule has 1 saturated heterocycles. The van der Waals surface area contributed by atoms with Gasteiger partial charge in [0, 0.05) is 25.0 Å². The molecule has 1 aliphatic rings. The van der Waals surface area contributed by atoms with Crippen molar-refractivity contribution in [3.05, 3.63) is 22.4 Å². The van der Waals surface area contributed by atoms with Crippen LogP contribution in [0.25, 0.3) is 0 Å². The molecular formula is C15H22N2O2S. The molecule has 1 aromatic heterocycles. The number of rotatable bonds is 4. The maximum atomic E-state index is 12.2. The minimum absolute atomic E-state index is 0.0522. The van der Waals surface area contributed by atoms with E-state index in [9.17, 15) is 9.59 Å². The Labute approximate surface area is 124 Å². The Hall–Kier alpha value is -1.36. The van der Waals surface area contributed by atoms with E-state index in [0.29, 0.717) is 13.1 Å². The van der Waals surface area contributed by atoms with Gasteiger partial charge in [-0.3, -0.25) is 9.59 Å². The maximum Gasteiger partial charge on any atom is 0.263 e. The first kappa shape index (κ1) is 15.0. The van der Waals surface area contributed by atoms with Crippen molar-refractivity contribution < 1.29 is 9.59 Å². The fraction of sp³-hybridized carbons (Fsp3) is 0.600. The number of amides is 2. The van der Waals surface area contributed by atoms with E-state index in [-0.39, 0.29) is 23.8 Å². The van der Waals surface area contributed by atoms with Gasteiger partial charge in [-0.2, -0.15) is 0 Å². The summed E-state index contributed by atoms with van der Waals surface area (Å²) in [5, 5.41) is 4.95. The summed E-state index contributed by atoms with van der Waals surface area (Å²) in [4.78, 5) is 26.9. The lowest BCUT2D eigenvalue weighted by molar-refractivity contribution is -0.126. The highest BCUT2D eigenvalue weighted by molar-refractivity contribution is 7.12. The van der Waals surface area contributed by atoms with Crippen molar-refractivity contribution in [2.24, 2.45) is 5.92 Å². The fourth-order valence-electron chi connectivity index (χ4n) is 2.36. The zero-order chi connectivity index (χ0) is 14.5. The SMILES string of the molecule is CCC(C)NC(=O)C1CCN(C(=O)c2cccs2)CC1. The summed E-state index contributed by atoms with van der Waals surface area (Å²) in [7, 11) is 0. The van der Waals surface area contributed by atoms with Crippen molar-refractivity contribution in [1.82, 2.24) is 10.2 Å². The minimum atomic E-state index is 0.0522. The molecule has 110 valence electrons. The van der Waals surface area contributed by atoms with Gasteiger partial charge in [0.1, 0.15) is 0 Å². The normalized spacial score (nSPS) is 17.8. The smallest absolute Gasteiger partial charge is 0.263 e. The highest BCUT2D eigenvalue weighted by Crippen LogP contribution is 2.21. The Morgan fingerprint density at radius 2 is 2.15 bits per heavy atom. The number of nitrogens with zero attached hydrogens (tertiary/aromatic N) is 1. The third-order valence-electron chi connectivity index (χ3n) is 3.89. The van der Waals surface area contributed by atoms with Crippen molar-refractivity contribution in [1.29, 1.82) is 0 Å². The molecule has 5 heteroatoms. The molecule has 1 aromatic rings. The van der Waals surface area contributed by atoms with Crippen LogP contribution in [0.15, 0.2) is 17.5 Å². The van der Waals surface area contributed by atoms with Crippen LogP contribution in [0.3, 0.4) is 0 Å². The maximum absolute atomic E-state index is 12.2. The summed E-state index contributed by atoms with van der Waals surface area (Å²) in [6.07, 6.45) is 2.47. The highest BCUT2D eigenvalue weighted by Gasteiger charge is 2.28. The van der Waals surface area contributed by atoms with E-state index >= 15 is 0 Å². The van der Waals surface area contributed by atoms with Crippen LogP contribution in [-0.2, 0) is 4.79 Å². The van der Waals surface area contributed by atoms with Gasteiger partial charge in [0.15, 0.2) is 0 Å². The second kappa shape index (κ2) is 6.88. The first-order valence-corrected chi connectivity index (χ1v) is 8.13. The standard InChI is InChI=1S/C15H22N2O2S/c1-3-11(2)16-14(18)12-6-8-17(9-7-12)15(19)13-5-4-10-20-13/h4-5,10-12H,3,6-9H2,1-2H3,(H,16,18). The predicted octanol–water partition coefficient (Wildman–Crippen LogP) is 2.52. The van der Waals surface area contributed by atoms with Gasteiger partial charge in [-0.15, -0.1) is 11.3 Å². The summed E-state index contributed by atoms with van der Waals surface area (Å²) in [5.41, 5.74) is 0. The Balaban J connectivity index is 1.83. The van der Waals surface area contributed by atoms with E-state index in [2.05, 4.69) is 12.2 Å². The molecule has 2 amide bonds. The molecule has 20 heavy (non-hydrogen) atoms. The molecule has 2 rings (SSSR count). The summed E-state index contributed by atoms with van der Waals surface area (Å²) in [6, 6.07) is 3.98. The molecule has 0 aliphatic carbocycles. The largest absolute Gasteiger partial charge is 0.353 e. The molecule has 1 N–H and O–H groups in total. The van der Waals surface area contributed by atoms with E-state index in [4.69, 9.17) is 0 Å². The zero-order valence-electron chi connectivity index (χ0n) is 12.1. The topological polar surface area (TPSA) is 49.4 Å². The molecule has 4 nitrogen and oxygen atoms in total. The van der Waals surface area contributed by atoms with Crippen LogP contribution in [0, 0.1) is 5.92 Å². The van der Waals surface area contributed by atoms with Crippen molar-refractivity contribution in [3.63, 3.8) is 0 Å². The Kier molecular flexibility index (Phi) is 5.17. The number of thiophene rings is 1. The van der Waals surface area contributed by atoms with E-state index in [1.165, 1.54) is 11.3 Å². The number of carbonyl (C=O) groups excluding carboxylic acids is 2. The number of hydrogen-bond acceptors (Lipinski definition) is 3. The monoisotopic (exact) mass is 294 g/mol. The molecule has 0 bridgehead atoms. The molecule has 0 aromatic carbocycles. The fourth-order valence-corrected chi connectivity index (χ4v) is 3.05. The van der Waals surface area contributed by atoms with Crippen LogP contribution in [0.5, 0.6) is 0 Å². The number of piperidine rings is 1. The van der Waals surface area contributed by atoms with Crippen LogP contribution in [0.1, 0.15) is 42.8 Å². The van der Waals surface area contributed by atoms with Crippen LogP contribution in [0.4, 0.5) is 0 Å². The van der Waals surface area contributed by atoms with E-state index in [1.807, 2.05) is 29.3 Å². The van der Waals surface area contributed by atoms with Gasteiger partial charge in [-0.25, -0.2) is 0 Å². The van der Waals surface area contributed by atoms with Gasteiger partial charge >= 0.3 is 0 Å². The van der Waals surface area contributed by atoms with Crippen molar-refractivity contribution >= 4 is 23.2 Å². The average molecular weight is 294 g/mol. The molecule has 1 fully saturated rings. The Bertz CT molecular complexity index is 450. The zero-order valence-corrected chi connectivity index (χ0v) is 12.9. The quantitative estimate of drug-likeness (QED) is 0.927. The first-order chi connectivity index (χ1) is 9.61. The van der Waals surface area contributed by atoms with Crippen LogP contribution < -0.4 is 5.32 Å². The second-order valence-electron chi connectivity index (χ2n) is 5.36.